The highest BCUT2D eigenvalue weighted by molar-refractivity contribution is 7.99. The summed E-state index contributed by atoms with van der Waals surface area (Å²) in [5.41, 5.74) is 4.84. The highest BCUT2D eigenvalue weighted by Gasteiger charge is 2.07. The number of aromatic nitrogens is 2. The zero-order valence-electron chi connectivity index (χ0n) is 8.44. The van der Waals surface area contributed by atoms with E-state index in [1.807, 2.05) is 6.92 Å². The van der Waals surface area contributed by atoms with E-state index in [0.29, 0.717) is 15.4 Å². The molecule has 0 aliphatic heterocycles. The molecule has 3 N–H and O–H groups in total. The van der Waals surface area contributed by atoms with Gasteiger partial charge in [-0.1, -0.05) is 11.8 Å². The van der Waals surface area contributed by atoms with Gasteiger partial charge in [0.2, 0.25) is 5.91 Å². The van der Waals surface area contributed by atoms with E-state index in [-0.39, 0.29) is 11.3 Å². The van der Waals surface area contributed by atoms with Crippen molar-refractivity contribution in [1.29, 1.82) is 0 Å². The topological polar surface area (TPSA) is 88.8 Å². The fourth-order valence-corrected chi connectivity index (χ4v) is 2.78. The second-order valence-corrected chi connectivity index (χ2v) is 5.40. The van der Waals surface area contributed by atoms with Gasteiger partial charge in [-0.25, -0.2) is 4.98 Å². The standard InChI is InChI=1S/C9H9N3O2S2/c1-4-2-5-7(14)11-9(12-8(5)16-4)15-3-6(10)13/h2H,3H2,1H3,(H2,10,13)(H,11,12,14). The Morgan fingerprint density at radius 1 is 1.69 bits per heavy atom. The minimum absolute atomic E-state index is 0.110. The number of thioether (sulfide) groups is 1. The Balaban J connectivity index is 2.41. The number of amides is 1. The predicted molar refractivity (Wildman–Crippen MR) is 64.9 cm³/mol. The first kappa shape index (κ1) is 11.2. The average Bonchev–Trinajstić information content (AvgIpc) is 2.56. The van der Waals surface area contributed by atoms with Crippen LogP contribution in [0.3, 0.4) is 0 Å². The number of rotatable bonds is 3. The summed E-state index contributed by atoms with van der Waals surface area (Å²) in [7, 11) is 0. The van der Waals surface area contributed by atoms with Gasteiger partial charge in [-0.05, 0) is 13.0 Å². The molecule has 2 heterocycles. The highest BCUT2D eigenvalue weighted by Crippen LogP contribution is 2.22. The first-order valence-corrected chi connectivity index (χ1v) is 6.28. The van der Waals surface area contributed by atoms with E-state index < -0.39 is 5.91 Å². The van der Waals surface area contributed by atoms with Crippen molar-refractivity contribution in [2.24, 2.45) is 5.73 Å². The van der Waals surface area contributed by atoms with Gasteiger partial charge in [0.25, 0.3) is 5.56 Å². The van der Waals surface area contributed by atoms with Gasteiger partial charge >= 0.3 is 0 Å². The number of nitrogens with two attached hydrogens (primary N) is 1. The monoisotopic (exact) mass is 255 g/mol. The van der Waals surface area contributed by atoms with Crippen LogP contribution in [0.1, 0.15) is 4.88 Å². The summed E-state index contributed by atoms with van der Waals surface area (Å²) in [4.78, 5) is 30.8. The number of thiophene rings is 1. The van der Waals surface area contributed by atoms with Gasteiger partial charge in [0.15, 0.2) is 5.16 Å². The Hall–Kier alpha value is -1.34. The molecule has 1 amide bonds. The van der Waals surface area contributed by atoms with Gasteiger partial charge in [-0.3, -0.25) is 9.59 Å². The summed E-state index contributed by atoms with van der Waals surface area (Å²) in [6.45, 7) is 1.92. The lowest BCUT2D eigenvalue weighted by Crippen LogP contribution is -2.14. The Kier molecular flexibility index (Phi) is 2.97. The van der Waals surface area contributed by atoms with E-state index in [1.54, 1.807) is 6.07 Å². The lowest BCUT2D eigenvalue weighted by Gasteiger charge is -1.97. The molecular weight excluding hydrogens is 246 g/mol. The van der Waals surface area contributed by atoms with Crippen LogP contribution in [0.5, 0.6) is 0 Å². The van der Waals surface area contributed by atoms with Crippen molar-refractivity contribution in [1.82, 2.24) is 9.97 Å². The molecule has 0 spiro atoms. The molecule has 0 atom stereocenters. The minimum Gasteiger partial charge on any atom is -0.369 e. The van der Waals surface area contributed by atoms with Crippen LogP contribution in [0.4, 0.5) is 0 Å². The van der Waals surface area contributed by atoms with Crippen LogP contribution in [0.25, 0.3) is 10.2 Å². The number of nitrogens with one attached hydrogen (secondary N) is 1. The molecule has 0 radical (unpaired) electrons. The summed E-state index contributed by atoms with van der Waals surface area (Å²) in [6, 6.07) is 1.80. The predicted octanol–water partition coefficient (Wildman–Crippen LogP) is 0.870. The third-order valence-corrected chi connectivity index (χ3v) is 3.70. The first-order chi connectivity index (χ1) is 7.56. The number of primary amides is 1. The van der Waals surface area contributed by atoms with E-state index in [0.717, 1.165) is 16.6 Å². The summed E-state index contributed by atoms with van der Waals surface area (Å²) >= 11 is 2.59. The summed E-state index contributed by atoms with van der Waals surface area (Å²) in [5.74, 6) is -0.325. The highest BCUT2D eigenvalue weighted by atomic mass is 32.2. The number of fused-ring (bicyclic) bond motifs is 1. The summed E-state index contributed by atoms with van der Waals surface area (Å²) in [6.07, 6.45) is 0. The van der Waals surface area contributed by atoms with Crippen LogP contribution in [0.2, 0.25) is 0 Å². The molecule has 84 valence electrons. The van der Waals surface area contributed by atoms with Gasteiger partial charge in [0, 0.05) is 4.88 Å². The number of aryl methyl sites for hydroxylation is 1. The lowest BCUT2D eigenvalue weighted by molar-refractivity contribution is -0.115. The number of nitrogens with zero attached hydrogens (tertiary/aromatic N) is 1. The third-order valence-electron chi connectivity index (χ3n) is 1.85. The molecule has 0 aliphatic rings. The molecule has 2 aromatic heterocycles. The maximum absolute atomic E-state index is 11.6. The molecule has 0 fully saturated rings. The van der Waals surface area contributed by atoms with Crippen LogP contribution in [-0.4, -0.2) is 21.6 Å². The summed E-state index contributed by atoms with van der Waals surface area (Å²) < 4.78 is 0. The van der Waals surface area contributed by atoms with Crippen molar-refractivity contribution in [2.75, 3.05) is 5.75 Å². The molecule has 0 aliphatic carbocycles. The first-order valence-electron chi connectivity index (χ1n) is 4.48. The van der Waals surface area contributed by atoms with Crippen molar-refractivity contribution >= 4 is 39.2 Å². The maximum atomic E-state index is 11.6. The normalized spacial score (nSPS) is 10.8. The Morgan fingerprint density at radius 2 is 2.44 bits per heavy atom. The van der Waals surface area contributed by atoms with Gasteiger partial charge in [0.05, 0.1) is 11.1 Å². The van der Waals surface area contributed by atoms with Crippen molar-refractivity contribution in [2.45, 2.75) is 12.1 Å². The SMILES string of the molecule is Cc1cc2c(=O)[nH]c(SCC(N)=O)nc2s1. The molecule has 5 nitrogen and oxygen atoms in total. The quantitative estimate of drug-likeness (QED) is 0.629. The molecule has 0 saturated carbocycles. The molecule has 2 rings (SSSR count). The molecule has 16 heavy (non-hydrogen) atoms. The fraction of sp³-hybridized carbons (Fsp3) is 0.222. The molecular formula is C9H9N3O2S2. The van der Waals surface area contributed by atoms with E-state index in [9.17, 15) is 9.59 Å². The lowest BCUT2D eigenvalue weighted by atomic mass is 10.4. The van der Waals surface area contributed by atoms with E-state index in [1.165, 1.54) is 11.3 Å². The van der Waals surface area contributed by atoms with Gasteiger partial charge in [-0.15, -0.1) is 11.3 Å². The number of H-pyrrole nitrogens is 1. The number of carbonyl (C=O) groups is 1. The minimum atomic E-state index is -0.435. The van der Waals surface area contributed by atoms with Crippen molar-refractivity contribution in [3.63, 3.8) is 0 Å². The van der Waals surface area contributed by atoms with Crippen LogP contribution >= 0.6 is 23.1 Å². The Labute approximate surface area is 99.1 Å². The van der Waals surface area contributed by atoms with Crippen molar-refractivity contribution in [3.8, 4) is 0 Å². The van der Waals surface area contributed by atoms with Gasteiger partial charge in [0.1, 0.15) is 4.83 Å². The second kappa shape index (κ2) is 4.26. The Bertz CT molecular complexity index is 602. The van der Waals surface area contributed by atoms with Gasteiger partial charge < -0.3 is 10.7 Å². The zero-order chi connectivity index (χ0) is 11.7. The summed E-state index contributed by atoms with van der Waals surface area (Å²) in [5, 5.41) is 1.02. The smallest absolute Gasteiger partial charge is 0.260 e. The van der Waals surface area contributed by atoms with Crippen LogP contribution < -0.4 is 11.3 Å². The number of aromatic amines is 1. The molecule has 7 heteroatoms. The number of hydrogen-bond donors (Lipinski definition) is 2. The van der Waals surface area contributed by atoms with Crippen molar-refractivity contribution in [3.05, 3.63) is 21.3 Å². The average molecular weight is 255 g/mol. The maximum Gasteiger partial charge on any atom is 0.260 e. The largest absolute Gasteiger partial charge is 0.369 e. The third kappa shape index (κ3) is 2.25. The second-order valence-electron chi connectivity index (χ2n) is 3.20. The molecule has 0 aromatic carbocycles. The number of carbonyl (C=O) groups excluding carboxylic acids is 1. The molecule has 0 unspecified atom stereocenters. The zero-order valence-corrected chi connectivity index (χ0v) is 10.1. The van der Waals surface area contributed by atoms with E-state index in [4.69, 9.17) is 5.73 Å². The molecule has 0 saturated heterocycles. The molecule has 2 aromatic rings. The van der Waals surface area contributed by atoms with Gasteiger partial charge in [-0.2, -0.15) is 0 Å². The number of hydrogen-bond acceptors (Lipinski definition) is 5. The molecule has 0 bridgehead atoms. The Morgan fingerprint density at radius 3 is 3.12 bits per heavy atom. The van der Waals surface area contributed by atoms with Crippen molar-refractivity contribution < 1.29 is 4.79 Å². The van der Waals surface area contributed by atoms with E-state index >= 15 is 0 Å². The van der Waals surface area contributed by atoms with Crippen LogP contribution in [-0.2, 0) is 4.79 Å². The fourth-order valence-electron chi connectivity index (χ4n) is 1.24. The van der Waals surface area contributed by atoms with Crippen LogP contribution in [0, 0.1) is 6.92 Å². The van der Waals surface area contributed by atoms with E-state index in [2.05, 4.69) is 9.97 Å². The van der Waals surface area contributed by atoms with Crippen LogP contribution in [0.15, 0.2) is 16.0 Å².